The van der Waals surface area contributed by atoms with Crippen molar-refractivity contribution < 1.29 is 0 Å². The summed E-state index contributed by atoms with van der Waals surface area (Å²) in [5.74, 6) is 0. The average Bonchev–Trinajstić information content (AvgIpc) is 2.38. The van der Waals surface area contributed by atoms with Gasteiger partial charge in [0.2, 0.25) is 0 Å². The lowest BCUT2D eigenvalue weighted by atomic mass is 9.82. The maximum Gasteiger partial charge on any atom is 0.0417 e. The molecule has 4 heteroatoms. The van der Waals surface area contributed by atoms with Gasteiger partial charge in [0.25, 0.3) is 0 Å². The Morgan fingerprint density at radius 1 is 1.30 bits per heavy atom. The van der Waals surface area contributed by atoms with Gasteiger partial charge in [-0.1, -0.05) is 40.0 Å². The highest BCUT2D eigenvalue weighted by atomic mass is 79.9. The van der Waals surface area contributed by atoms with Gasteiger partial charge in [0.1, 0.15) is 0 Å². The van der Waals surface area contributed by atoms with E-state index in [4.69, 9.17) is 11.6 Å². The van der Waals surface area contributed by atoms with Crippen LogP contribution < -0.4 is 5.32 Å². The molecule has 2 saturated heterocycles. The Bertz CT molecular complexity index is 466. The predicted octanol–water partition coefficient (Wildman–Crippen LogP) is 4.21. The number of fused-ring (bicyclic) bond motifs is 2. The first-order valence-corrected chi connectivity index (χ1v) is 8.70. The van der Waals surface area contributed by atoms with Crippen molar-refractivity contribution in [3.8, 4) is 0 Å². The number of nitrogens with zero attached hydrogens (tertiary/aromatic N) is 1. The van der Waals surface area contributed by atoms with Gasteiger partial charge in [0.15, 0.2) is 0 Å². The van der Waals surface area contributed by atoms with Crippen LogP contribution in [0.3, 0.4) is 0 Å². The lowest BCUT2D eigenvalue weighted by Crippen LogP contribution is -2.54. The zero-order chi connectivity index (χ0) is 14.1. The molecule has 2 nitrogen and oxygen atoms in total. The van der Waals surface area contributed by atoms with Crippen molar-refractivity contribution >= 4 is 27.5 Å². The van der Waals surface area contributed by atoms with E-state index in [1.165, 1.54) is 37.7 Å². The molecule has 0 radical (unpaired) electrons. The van der Waals surface area contributed by atoms with Gasteiger partial charge >= 0.3 is 0 Å². The van der Waals surface area contributed by atoms with E-state index in [9.17, 15) is 0 Å². The molecule has 3 rings (SSSR count). The fourth-order valence-electron chi connectivity index (χ4n) is 3.70. The molecule has 1 N–H and O–H groups in total. The zero-order valence-electron chi connectivity index (χ0n) is 11.9. The van der Waals surface area contributed by atoms with Gasteiger partial charge in [-0.3, -0.25) is 0 Å². The van der Waals surface area contributed by atoms with E-state index in [-0.39, 0.29) is 0 Å². The van der Waals surface area contributed by atoms with Crippen molar-refractivity contribution in [1.82, 2.24) is 10.2 Å². The molecule has 2 fully saturated rings. The standard InChI is InChI=1S/C16H22BrClN2/c1-20-14-3-2-4-15(20)9-13(8-14)19-10-11-5-6-12(18)7-16(11)17/h5-7,13-15,19H,2-4,8-10H2,1H3. The van der Waals surface area contributed by atoms with Crippen LogP contribution >= 0.6 is 27.5 Å². The summed E-state index contributed by atoms with van der Waals surface area (Å²) < 4.78 is 1.10. The quantitative estimate of drug-likeness (QED) is 0.872. The monoisotopic (exact) mass is 356 g/mol. The van der Waals surface area contributed by atoms with Gasteiger partial charge in [-0.25, -0.2) is 0 Å². The summed E-state index contributed by atoms with van der Waals surface area (Å²) in [4.78, 5) is 2.61. The second-order valence-corrected chi connectivity index (χ2v) is 7.48. The number of hydrogen-bond acceptors (Lipinski definition) is 2. The topological polar surface area (TPSA) is 15.3 Å². The fraction of sp³-hybridized carbons (Fsp3) is 0.625. The van der Waals surface area contributed by atoms with E-state index in [0.29, 0.717) is 6.04 Å². The third-order valence-electron chi connectivity index (χ3n) is 4.94. The number of hydrogen-bond donors (Lipinski definition) is 1. The Morgan fingerprint density at radius 3 is 2.65 bits per heavy atom. The SMILES string of the molecule is CN1C2CCCC1CC(NCc1ccc(Cl)cc1Br)C2. The third kappa shape index (κ3) is 3.22. The molecule has 0 amide bonds. The molecule has 2 aliphatic heterocycles. The van der Waals surface area contributed by atoms with Gasteiger partial charge in [0, 0.05) is 34.2 Å². The molecule has 0 saturated carbocycles. The van der Waals surface area contributed by atoms with E-state index in [1.807, 2.05) is 12.1 Å². The van der Waals surface area contributed by atoms with Crippen LogP contribution in [0.25, 0.3) is 0 Å². The molecule has 0 aromatic heterocycles. The zero-order valence-corrected chi connectivity index (χ0v) is 14.3. The fourth-order valence-corrected chi connectivity index (χ4v) is 4.52. The normalized spacial score (nSPS) is 30.4. The molecule has 2 heterocycles. The van der Waals surface area contributed by atoms with E-state index in [2.05, 4.69) is 39.3 Å². The first-order valence-electron chi connectivity index (χ1n) is 7.52. The number of nitrogens with one attached hydrogen (secondary N) is 1. The van der Waals surface area contributed by atoms with E-state index >= 15 is 0 Å². The van der Waals surface area contributed by atoms with Crippen LogP contribution in [0.4, 0.5) is 0 Å². The maximum absolute atomic E-state index is 5.99. The highest BCUT2D eigenvalue weighted by Gasteiger charge is 2.35. The first kappa shape index (κ1) is 14.8. The number of benzene rings is 1. The van der Waals surface area contributed by atoms with Gasteiger partial charge in [-0.2, -0.15) is 0 Å². The van der Waals surface area contributed by atoms with Crippen molar-refractivity contribution in [3.63, 3.8) is 0 Å². The molecule has 20 heavy (non-hydrogen) atoms. The van der Waals surface area contributed by atoms with Gasteiger partial charge in [-0.05, 0) is 50.4 Å². The summed E-state index contributed by atoms with van der Waals surface area (Å²) in [6.07, 6.45) is 6.73. The van der Waals surface area contributed by atoms with Crippen LogP contribution in [0.2, 0.25) is 5.02 Å². The summed E-state index contributed by atoms with van der Waals surface area (Å²) in [6.45, 7) is 0.922. The van der Waals surface area contributed by atoms with Crippen LogP contribution in [0, 0.1) is 0 Å². The van der Waals surface area contributed by atoms with Crippen LogP contribution in [0.15, 0.2) is 22.7 Å². The van der Waals surface area contributed by atoms with Crippen molar-refractivity contribution in [2.45, 2.75) is 56.8 Å². The van der Waals surface area contributed by atoms with Crippen LogP contribution in [0.5, 0.6) is 0 Å². The van der Waals surface area contributed by atoms with E-state index in [1.54, 1.807) is 0 Å². The Kier molecular flexibility index (Phi) is 4.71. The molecule has 2 unspecified atom stereocenters. The van der Waals surface area contributed by atoms with Crippen LogP contribution in [-0.4, -0.2) is 30.1 Å². The minimum absolute atomic E-state index is 0.657. The molecule has 0 spiro atoms. The first-order chi connectivity index (χ1) is 9.63. The second-order valence-electron chi connectivity index (χ2n) is 6.19. The molecule has 2 atom stereocenters. The van der Waals surface area contributed by atoms with Crippen LogP contribution in [0.1, 0.15) is 37.7 Å². The minimum atomic E-state index is 0.657. The van der Waals surface area contributed by atoms with Gasteiger partial charge in [0.05, 0.1) is 0 Å². The number of piperidine rings is 2. The van der Waals surface area contributed by atoms with Crippen molar-refractivity contribution in [2.24, 2.45) is 0 Å². The van der Waals surface area contributed by atoms with Crippen LogP contribution in [-0.2, 0) is 6.54 Å². The third-order valence-corrected chi connectivity index (χ3v) is 5.91. The summed E-state index contributed by atoms with van der Waals surface area (Å²) in [5, 5.41) is 4.53. The Morgan fingerprint density at radius 2 is 2.00 bits per heavy atom. The highest BCUT2D eigenvalue weighted by molar-refractivity contribution is 9.10. The van der Waals surface area contributed by atoms with Gasteiger partial charge < -0.3 is 10.2 Å². The maximum atomic E-state index is 5.99. The number of halogens is 2. The average molecular weight is 358 g/mol. The van der Waals surface area contributed by atoms with Gasteiger partial charge in [-0.15, -0.1) is 0 Å². The number of rotatable bonds is 3. The molecular formula is C16H22BrClN2. The predicted molar refractivity (Wildman–Crippen MR) is 88.2 cm³/mol. The molecule has 110 valence electrons. The molecule has 1 aromatic carbocycles. The highest BCUT2D eigenvalue weighted by Crippen LogP contribution is 2.33. The van der Waals surface area contributed by atoms with Crippen molar-refractivity contribution in [1.29, 1.82) is 0 Å². The summed E-state index contributed by atoms with van der Waals surface area (Å²) in [6, 6.07) is 8.27. The molecule has 1 aromatic rings. The Hall–Kier alpha value is -0.0900. The molecule has 2 aliphatic rings. The summed E-state index contributed by atoms with van der Waals surface area (Å²) in [5.41, 5.74) is 1.29. The summed E-state index contributed by atoms with van der Waals surface area (Å²) in [7, 11) is 2.31. The Labute approximate surface area is 135 Å². The smallest absolute Gasteiger partial charge is 0.0417 e. The van der Waals surface area contributed by atoms with E-state index < -0.39 is 0 Å². The van der Waals surface area contributed by atoms with E-state index in [0.717, 1.165) is 28.1 Å². The lowest BCUT2D eigenvalue weighted by molar-refractivity contribution is 0.0482. The largest absolute Gasteiger partial charge is 0.310 e. The minimum Gasteiger partial charge on any atom is -0.310 e. The van der Waals surface area contributed by atoms with Crippen molar-refractivity contribution in [2.75, 3.05) is 7.05 Å². The molecule has 0 aliphatic carbocycles. The lowest BCUT2D eigenvalue weighted by Gasteiger charge is -2.47. The molecular weight excluding hydrogens is 336 g/mol. The molecule has 2 bridgehead atoms. The second kappa shape index (κ2) is 6.35. The Balaban J connectivity index is 1.59. The van der Waals surface area contributed by atoms with Crippen molar-refractivity contribution in [3.05, 3.63) is 33.3 Å². The summed E-state index contributed by atoms with van der Waals surface area (Å²) >= 11 is 9.59.